The van der Waals surface area contributed by atoms with Gasteiger partial charge >= 0.3 is 0 Å². The van der Waals surface area contributed by atoms with Crippen molar-refractivity contribution in [3.05, 3.63) is 16.1 Å². The summed E-state index contributed by atoms with van der Waals surface area (Å²) in [6.07, 6.45) is 1.81. The number of rotatable bonds is 3. The van der Waals surface area contributed by atoms with Gasteiger partial charge in [0.2, 0.25) is 5.91 Å². The molecule has 0 saturated heterocycles. The first-order chi connectivity index (χ1) is 7.71. The van der Waals surface area contributed by atoms with Crippen LogP contribution in [-0.2, 0) is 4.79 Å². The second kappa shape index (κ2) is 5.14. The highest BCUT2D eigenvalue weighted by atomic mass is 32.1. The first-order valence-corrected chi connectivity index (χ1v) is 6.51. The van der Waals surface area contributed by atoms with Crippen LogP contribution in [0.3, 0.4) is 0 Å². The Labute approximate surface area is 107 Å². The molecule has 0 spiro atoms. The van der Waals surface area contributed by atoms with E-state index in [1.54, 1.807) is 11.3 Å². The number of nitrogens with two attached hydrogens (primary N) is 1. The van der Waals surface area contributed by atoms with Crippen molar-refractivity contribution in [1.82, 2.24) is 10.3 Å². The van der Waals surface area contributed by atoms with Crippen molar-refractivity contribution in [3.63, 3.8) is 0 Å². The molecule has 0 fully saturated rings. The van der Waals surface area contributed by atoms with Crippen LogP contribution >= 0.6 is 11.3 Å². The van der Waals surface area contributed by atoms with Crippen LogP contribution in [0.1, 0.15) is 43.6 Å². The fourth-order valence-corrected chi connectivity index (χ4v) is 2.11. The smallest absolute Gasteiger partial charge is 0.238 e. The minimum absolute atomic E-state index is 0.0883. The summed E-state index contributed by atoms with van der Waals surface area (Å²) < 4.78 is 0. The molecule has 1 heterocycles. The molecule has 3 N–H and O–H groups in total. The number of aryl methyl sites for hydroxylation is 1. The zero-order chi connectivity index (χ0) is 13.2. The molecule has 0 saturated carbocycles. The molecule has 17 heavy (non-hydrogen) atoms. The Morgan fingerprint density at radius 2 is 2.12 bits per heavy atom. The number of aromatic nitrogens is 1. The summed E-state index contributed by atoms with van der Waals surface area (Å²) in [5.74, 6) is -0.127. The van der Waals surface area contributed by atoms with E-state index >= 15 is 0 Å². The normalized spacial score (nSPS) is 15.4. The van der Waals surface area contributed by atoms with Crippen LogP contribution in [0, 0.1) is 12.3 Å². The lowest BCUT2D eigenvalue weighted by Crippen LogP contribution is -2.49. The lowest BCUT2D eigenvalue weighted by Gasteiger charge is -2.27. The van der Waals surface area contributed by atoms with Crippen molar-refractivity contribution < 1.29 is 4.79 Å². The Balaban J connectivity index is 2.63. The third kappa shape index (κ3) is 3.78. The molecule has 1 amide bonds. The minimum Gasteiger partial charge on any atom is -0.346 e. The molecule has 0 aliphatic heterocycles. The second-order valence-electron chi connectivity index (χ2n) is 5.38. The molecule has 0 aliphatic rings. The molecule has 1 aromatic heterocycles. The molecule has 0 aromatic carbocycles. The monoisotopic (exact) mass is 255 g/mol. The molecule has 96 valence electrons. The van der Waals surface area contributed by atoms with Gasteiger partial charge in [0.15, 0.2) is 0 Å². The van der Waals surface area contributed by atoms with Gasteiger partial charge in [0.25, 0.3) is 0 Å². The number of carbonyl (C=O) groups excluding carboxylic acids is 1. The van der Waals surface area contributed by atoms with Gasteiger partial charge < -0.3 is 11.1 Å². The molecule has 5 heteroatoms. The largest absolute Gasteiger partial charge is 0.346 e. The van der Waals surface area contributed by atoms with Gasteiger partial charge in [-0.2, -0.15) is 0 Å². The number of hydrogen-bond donors (Lipinski definition) is 2. The Bertz CT molecular complexity index is 395. The summed E-state index contributed by atoms with van der Waals surface area (Å²) in [7, 11) is 0. The van der Waals surface area contributed by atoms with Gasteiger partial charge in [0.1, 0.15) is 5.01 Å². The van der Waals surface area contributed by atoms with Gasteiger partial charge in [0, 0.05) is 11.1 Å². The van der Waals surface area contributed by atoms with E-state index in [1.807, 2.05) is 40.8 Å². The average Bonchev–Trinajstić information content (AvgIpc) is 2.62. The third-order valence-corrected chi connectivity index (χ3v) is 3.68. The van der Waals surface area contributed by atoms with Crippen molar-refractivity contribution in [1.29, 1.82) is 0 Å². The number of nitrogens with zero attached hydrogens (tertiary/aromatic N) is 1. The third-order valence-electron chi connectivity index (χ3n) is 2.58. The van der Waals surface area contributed by atoms with E-state index < -0.39 is 6.04 Å². The van der Waals surface area contributed by atoms with Crippen LogP contribution in [-0.4, -0.2) is 16.9 Å². The molecule has 0 bridgehead atoms. The van der Waals surface area contributed by atoms with Gasteiger partial charge in [-0.25, -0.2) is 4.98 Å². The quantitative estimate of drug-likeness (QED) is 0.868. The maximum atomic E-state index is 11.9. The number of nitrogens with one attached hydrogen (secondary N) is 1. The maximum absolute atomic E-state index is 11.9. The molecule has 0 aliphatic carbocycles. The lowest BCUT2D eigenvalue weighted by atomic mass is 9.87. The fourth-order valence-electron chi connectivity index (χ4n) is 1.33. The second-order valence-corrected chi connectivity index (χ2v) is 6.65. The van der Waals surface area contributed by atoms with Crippen LogP contribution in [0.15, 0.2) is 6.20 Å². The topological polar surface area (TPSA) is 68.0 Å². The Morgan fingerprint density at radius 3 is 2.53 bits per heavy atom. The molecule has 1 unspecified atom stereocenters. The Kier molecular flexibility index (Phi) is 4.27. The number of carbonyl (C=O) groups is 1. The summed E-state index contributed by atoms with van der Waals surface area (Å²) in [6, 6.07) is -0.597. The van der Waals surface area contributed by atoms with E-state index in [4.69, 9.17) is 5.73 Å². The van der Waals surface area contributed by atoms with Crippen LogP contribution in [0.2, 0.25) is 0 Å². The summed E-state index contributed by atoms with van der Waals surface area (Å²) in [4.78, 5) is 17.3. The van der Waals surface area contributed by atoms with Gasteiger partial charge in [-0.15, -0.1) is 11.3 Å². The first kappa shape index (κ1) is 14.1. The Morgan fingerprint density at radius 1 is 1.53 bits per heavy atom. The average molecular weight is 255 g/mol. The van der Waals surface area contributed by atoms with Crippen LogP contribution in [0.25, 0.3) is 0 Å². The maximum Gasteiger partial charge on any atom is 0.238 e. The van der Waals surface area contributed by atoms with Crippen molar-refractivity contribution in [3.8, 4) is 0 Å². The van der Waals surface area contributed by atoms with Crippen LogP contribution in [0.4, 0.5) is 0 Å². The van der Waals surface area contributed by atoms with Crippen molar-refractivity contribution >= 4 is 17.2 Å². The highest BCUT2D eigenvalue weighted by Gasteiger charge is 2.28. The van der Waals surface area contributed by atoms with E-state index in [9.17, 15) is 4.79 Å². The number of amides is 1. The first-order valence-electron chi connectivity index (χ1n) is 5.70. The van der Waals surface area contributed by atoms with Crippen LogP contribution < -0.4 is 11.1 Å². The zero-order valence-corrected chi connectivity index (χ0v) is 11.9. The molecular formula is C12H21N3OS. The van der Waals surface area contributed by atoms with Gasteiger partial charge in [-0.05, 0) is 19.3 Å². The van der Waals surface area contributed by atoms with Gasteiger partial charge in [-0.3, -0.25) is 4.79 Å². The standard InChI is InChI=1S/C12H21N3OS/c1-7-6-14-11(17-7)8(2)15-10(16)9(13)12(3,4)5/h6,8-9H,13H2,1-5H3,(H,15,16)/t8?,9-/m1/s1. The van der Waals surface area contributed by atoms with E-state index in [-0.39, 0.29) is 17.4 Å². The molecule has 1 rings (SSSR count). The van der Waals surface area contributed by atoms with Crippen molar-refractivity contribution in [2.24, 2.45) is 11.1 Å². The summed E-state index contributed by atoms with van der Waals surface area (Å²) in [5, 5.41) is 3.81. The minimum atomic E-state index is -0.508. The SMILES string of the molecule is Cc1cnc(C(C)NC(=O)[C@@H](N)C(C)(C)C)s1. The van der Waals surface area contributed by atoms with E-state index in [0.29, 0.717) is 0 Å². The predicted molar refractivity (Wildman–Crippen MR) is 70.8 cm³/mol. The Hall–Kier alpha value is -0.940. The number of thiazole rings is 1. The lowest BCUT2D eigenvalue weighted by molar-refractivity contribution is -0.125. The number of hydrogen-bond acceptors (Lipinski definition) is 4. The van der Waals surface area contributed by atoms with Crippen molar-refractivity contribution in [2.75, 3.05) is 0 Å². The zero-order valence-electron chi connectivity index (χ0n) is 11.1. The predicted octanol–water partition coefficient (Wildman–Crippen LogP) is 2.00. The molecule has 0 radical (unpaired) electrons. The fraction of sp³-hybridized carbons (Fsp3) is 0.667. The molecule has 1 aromatic rings. The molecule has 4 nitrogen and oxygen atoms in total. The van der Waals surface area contributed by atoms with Gasteiger partial charge in [0.05, 0.1) is 12.1 Å². The molecule has 2 atom stereocenters. The van der Waals surface area contributed by atoms with Crippen LogP contribution in [0.5, 0.6) is 0 Å². The summed E-state index contributed by atoms with van der Waals surface area (Å²) >= 11 is 1.59. The van der Waals surface area contributed by atoms with E-state index in [0.717, 1.165) is 9.88 Å². The van der Waals surface area contributed by atoms with Crippen molar-refractivity contribution in [2.45, 2.75) is 46.7 Å². The summed E-state index contributed by atoms with van der Waals surface area (Å²) in [5.41, 5.74) is 5.66. The van der Waals surface area contributed by atoms with Gasteiger partial charge in [-0.1, -0.05) is 20.8 Å². The molecular weight excluding hydrogens is 234 g/mol. The highest BCUT2D eigenvalue weighted by molar-refractivity contribution is 7.11. The highest BCUT2D eigenvalue weighted by Crippen LogP contribution is 2.21. The van der Waals surface area contributed by atoms with E-state index in [1.165, 1.54) is 0 Å². The van der Waals surface area contributed by atoms with E-state index in [2.05, 4.69) is 10.3 Å². The summed E-state index contributed by atoms with van der Waals surface area (Å²) in [6.45, 7) is 9.78.